The topological polar surface area (TPSA) is 24.5 Å². The minimum absolute atomic E-state index is 0.591. The summed E-state index contributed by atoms with van der Waals surface area (Å²) in [5, 5.41) is 4.01. The summed E-state index contributed by atoms with van der Waals surface area (Å²) in [5.74, 6) is 0. The molecular formula is C11H14ClN2OPS2. The molecule has 1 heterocycles. The number of anilines is 1. The summed E-state index contributed by atoms with van der Waals surface area (Å²) in [7, 11) is 1.93. The van der Waals surface area contributed by atoms with Gasteiger partial charge in [0.15, 0.2) is 6.42 Å². The summed E-state index contributed by atoms with van der Waals surface area (Å²) < 4.78 is 5.74. The number of nitrogens with zero attached hydrogens (tertiary/aromatic N) is 1. The largest absolute Gasteiger partial charge is 0.356 e. The van der Waals surface area contributed by atoms with Crippen molar-refractivity contribution in [3.63, 3.8) is 0 Å². The lowest BCUT2D eigenvalue weighted by atomic mass is 10.2. The fourth-order valence-corrected chi connectivity index (χ4v) is 5.37. The van der Waals surface area contributed by atoms with Gasteiger partial charge in [-0.3, -0.25) is 0 Å². The predicted octanol–water partition coefficient (Wildman–Crippen LogP) is 3.68. The summed E-state index contributed by atoms with van der Waals surface area (Å²) in [6, 6.07) is 5.59. The van der Waals surface area contributed by atoms with Gasteiger partial charge in [-0.25, -0.2) is 0 Å². The van der Waals surface area contributed by atoms with Crippen LogP contribution in [0.2, 0.25) is 5.02 Å². The van der Waals surface area contributed by atoms with Crippen LogP contribution in [0.5, 0.6) is 0 Å². The Kier molecular flexibility index (Phi) is 4.29. The zero-order valence-corrected chi connectivity index (χ0v) is 13.4. The van der Waals surface area contributed by atoms with Crippen LogP contribution in [-0.4, -0.2) is 29.8 Å². The highest BCUT2D eigenvalue weighted by molar-refractivity contribution is 8.13. The third kappa shape index (κ3) is 2.86. The average Bonchev–Trinajstić information content (AvgIpc) is 2.38. The van der Waals surface area contributed by atoms with Crippen molar-refractivity contribution >= 4 is 52.7 Å². The van der Waals surface area contributed by atoms with Crippen LogP contribution in [0.15, 0.2) is 18.2 Å². The number of hydrogen-bond donors (Lipinski definition) is 1. The van der Waals surface area contributed by atoms with Gasteiger partial charge in [-0.15, -0.1) is 0 Å². The molecule has 7 heteroatoms. The summed E-state index contributed by atoms with van der Waals surface area (Å²) in [5.41, 5.74) is 1.82. The van der Waals surface area contributed by atoms with Crippen LogP contribution < -0.4 is 5.09 Å². The van der Waals surface area contributed by atoms with Gasteiger partial charge in [0.25, 0.3) is 0 Å². The molecular weight excluding hydrogens is 307 g/mol. The van der Waals surface area contributed by atoms with E-state index in [0.29, 0.717) is 17.9 Å². The minimum Gasteiger partial charge on any atom is -0.356 e. The maximum atomic E-state index is 6.02. The van der Waals surface area contributed by atoms with E-state index in [-0.39, 0.29) is 0 Å². The molecule has 1 aliphatic heterocycles. The number of benzene rings is 1. The highest BCUT2D eigenvalue weighted by Crippen LogP contribution is 2.50. The van der Waals surface area contributed by atoms with Gasteiger partial charge in [0.1, 0.15) is 4.99 Å². The average molecular weight is 321 g/mol. The Labute approximate surface area is 123 Å². The van der Waals surface area contributed by atoms with Crippen molar-refractivity contribution in [1.29, 1.82) is 0 Å². The lowest BCUT2D eigenvalue weighted by Crippen LogP contribution is -2.25. The van der Waals surface area contributed by atoms with Gasteiger partial charge in [0.05, 0.1) is 12.9 Å². The van der Waals surface area contributed by atoms with E-state index >= 15 is 0 Å². The monoisotopic (exact) mass is 320 g/mol. The Morgan fingerprint density at radius 2 is 2.28 bits per heavy atom. The van der Waals surface area contributed by atoms with E-state index < -0.39 is 6.42 Å². The number of thiocarbonyl (C=S) groups is 1. The normalized spacial score (nSPS) is 23.3. The standard InChI is InChI=1S/C11H14ClN2OPS2/c1-3-15-16(18)7-14(2)11(17)9-6-8(12)4-5-10(9)13-16/h4-6H,3,7H2,1-2H3,(H,13,18). The molecule has 2 rings (SSSR count). The second-order valence-corrected chi connectivity index (χ2v) is 8.74. The SMILES string of the molecule is CCOP1(=S)CN(C)C(=S)c2cc(Cl)ccc2N1. The predicted molar refractivity (Wildman–Crippen MR) is 85.3 cm³/mol. The van der Waals surface area contributed by atoms with Gasteiger partial charge < -0.3 is 14.5 Å². The first-order chi connectivity index (χ1) is 8.45. The Morgan fingerprint density at radius 3 is 2.94 bits per heavy atom. The molecule has 0 fully saturated rings. The molecule has 1 aliphatic rings. The summed E-state index contributed by atoms with van der Waals surface area (Å²) >= 11 is 17.1. The van der Waals surface area contributed by atoms with Gasteiger partial charge in [0, 0.05) is 23.3 Å². The molecule has 1 unspecified atom stereocenters. The molecule has 0 radical (unpaired) electrons. The summed E-state index contributed by atoms with van der Waals surface area (Å²) in [6.07, 6.45) is -1.51. The first kappa shape index (κ1) is 14.2. The molecule has 1 atom stereocenters. The Balaban J connectivity index is 2.49. The third-order valence-corrected chi connectivity index (χ3v) is 6.34. The number of fused-ring (bicyclic) bond motifs is 1. The zero-order chi connectivity index (χ0) is 13.3. The number of nitrogens with one attached hydrogen (secondary N) is 1. The summed E-state index contributed by atoms with van der Waals surface area (Å²) in [4.78, 5) is 2.70. The van der Waals surface area contributed by atoms with Crippen LogP contribution in [0, 0.1) is 0 Å². The van der Waals surface area contributed by atoms with Gasteiger partial charge >= 0.3 is 0 Å². The molecule has 0 spiro atoms. The number of halogens is 1. The van der Waals surface area contributed by atoms with Crippen LogP contribution in [0.1, 0.15) is 12.5 Å². The van der Waals surface area contributed by atoms with Crippen molar-refractivity contribution in [3.8, 4) is 0 Å². The molecule has 98 valence electrons. The van der Waals surface area contributed by atoms with Gasteiger partial charge in [0.2, 0.25) is 0 Å². The second kappa shape index (κ2) is 5.43. The fourth-order valence-electron chi connectivity index (χ4n) is 1.84. The quantitative estimate of drug-likeness (QED) is 0.662. The molecule has 18 heavy (non-hydrogen) atoms. The van der Waals surface area contributed by atoms with Crippen LogP contribution in [0.25, 0.3) is 0 Å². The lowest BCUT2D eigenvalue weighted by molar-refractivity contribution is 0.371. The Hall–Kier alpha value is -0.190. The van der Waals surface area contributed by atoms with Crippen molar-refractivity contribution in [2.45, 2.75) is 6.92 Å². The fraction of sp³-hybridized carbons (Fsp3) is 0.364. The second-order valence-electron chi connectivity index (χ2n) is 4.04. The van der Waals surface area contributed by atoms with Crippen LogP contribution >= 0.6 is 30.2 Å². The summed E-state index contributed by atoms with van der Waals surface area (Å²) in [6.45, 7) is 2.54. The van der Waals surface area contributed by atoms with E-state index in [9.17, 15) is 0 Å². The molecule has 0 saturated carbocycles. The van der Waals surface area contributed by atoms with Gasteiger partial charge in [-0.1, -0.05) is 23.8 Å². The van der Waals surface area contributed by atoms with Gasteiger partial charge in [-0.05, 0) is 36.9 Å². The molecule has 0 amide bonds. The van der Waals surface area contributed by atoms with Crippen molar-refractivity contribution in [1.82, 2.24) is 4.90 Å². The smallest absolute Gasteiger partial charge is 0.172 e. The molecule has 0 aromatic heterocycles. The third-order valence-electron chi connectivity index (χ3n) is 2.59. The Morgan fingerprint density at radius 1 is 1.56 bits per heavy atom. The lowest BCUT2D eigenvalue weighted by Gasteiger charge is -2.25. The zero-order valence-electron chi connectivity index (χ0n) is 10.1. The highest BCUT2D eigenvalue weighted by Gasteiger charge is 2.27. The van der Waals surface area contributed by atoms with Crippen LogP contribution in [0.3, 0.4) is 0 Å². The number of rotatable bonds is 2. The van der Waals surface area contributed by atoms with Crippen LogP contribution in [-0.2, 0) is 16.3 Å². The number of hydrogen-bond acceptors (Lipinski definition) is 3. The van der Waals surface area contributed by atoms with E-state index in [1.54, 1.807) is 0 Å². The van der Waals surface area contributed by atoms with Crippen molar-refractivity contribution in [2.75, 3.05) is 25.0 Å². The van der Waals surface area contributed by atoms with Crippen LogP contribution in [0.4, 0.5) is 5.69 Å². The van der Waals surface area contributed by atoms with E-state index in [0.717, 1.165) is 16.2 Å². The molecule has 0 saturated heterocycles. The maximum absolute atomic E-state index is 6.02. The van der Waals surface area contributed by atoms with E-state index in [1.165, 1.54) is 0 Å². The maximum Gasteiger partial charge on any atom is 0.172 e. The van der Waals surface area contributed by atoms with Gasteiger partial charge in [-0.2, -0.15) is 0 Å². The Bertz CT molecular complexity index is 538. The van der Waals surface area contributed by atoms with E-state index in [1.807, 2.05) is 37.1 Å². The minimum atomic E-state index is -2.12. The first-order valence-electron chi connectivity index (χ1n) is 5.52. The van der Waals surface area contributed by atoms with E-state index in [4.69, 9.17) is 40.1 Å². The molecule has 0 bridgehead atoms. The van der Waals surface area contributed by atoms with Crippen molar-refractivity contribution in [3.05, 3.63) is 28.8 Å². The molecule has 1 aromatic rings. The first-order valence-corrected chi connectivity index (χ1v) is 9.21. The molecule has 0 aliphatic carbocycles. The van der Waals surface area contributed by atoms with Crippen molar-refractivity contribution in [2.24, 2.45) is 0 Å². The van der Waals surface area contributed by atoms with E-state index in [2.05, 4.69) is 5.09 Å². The van der Waals surface area contributed by atoms with Crippen molar-refractivity contribution < 1.29 is 4.52 Å². The molecule has 3 nitrogen and oxygen atoms in total. The molecule has 1 N–H and O–H groups in total. The molecule has 1 aromatic carbocycles. The highest BCUT2D eigenvalue weighted by atomic mass is 35.5.